The van der Waals surface area contributed by atoms with E-state index in [4.69, 9.17) is 0 Å². The average Bonchev–Trinajstić information content (AvgIpc) is 2.66. The predicted octanol–water partition coefficient (Wildman–Crippen LogP) is 6.29. The lowest BCUT2D eigenvalue weighted by atomic mass is 9.76. The highest BCUT2D eigenvalue weighted by Crippen LogP contribution is 2.63. The van der Waals surface area contributed by atoms with Crippen LogP contribution in [0.1, 0.15) is 11.1 Å². The Kier molecular flexibility index (Phi) is 3.94. The fourth-order valence-electron chi connectivity index (χ4n) is 3.04. The van der Waals surface area contributed by atoms with Crippen LogP contribution in [0.3, 0.4) is 0 Å². The molecule has 0 heterocycles. The van der Waals surface area contributed by atoms with Gasteiger partial charge in [0.2, 0.25) is 5.41 Å². The molecule has 0 amide bonds. The maximum Gasteiger partial charge on any atom is 0.411 e. The molecule has 1 aliphatic carbocycles. The van der Waals surface area contributed by atoms with Gasteiger partial charge < -0.3 is 0 Å². The van der Waals surface area contributed by atoms with E-state index in [9.17, 15) is 26.3 Å². The lowest BCUT2D eigenvalue weighted by molar-refractivity contribution is -0.287. The van der Waals surface area contributed by atoms with E-state index in [1.807, 2.05) is 0 Å². The number of halogens is 8. The Bertz CT molecular complexity index is 724. The summed E-state index contributed by atoms with van der Waals surface area (Å²) in [6.45, 7) is 0. The van der Waals surface area contributed by atoms with Crippen LogP contribution in [0.2, 0.25) is 0 Å². The summed E-state index contributed by atoms with van der Waals surface area (Å²) < 4.78 is 83.5. The van der Waals surface area contributed by atoms with Crippen molar-refractivity contribution in [2.45, 2.75) is 17.8 Å². The van der Waals surface area contributed by atoms with Crippen molar-refractivity contribution in [3.63, 3.8) is 0 Å². The molecular formula is C15H6F6I2. The second-order valence-corrected chi connectivity index (χ2v) is 7.62. The van der Waals surface area contributed by atoms with Gasteiger partial charge in [0.1, 0.15) is 0 Å². The van der Waals surface area contributed by atoms with E-state index >= 15 is 0 Å². The maximum absolute atomic E-state index is 13.8. The number of hydrogen-bond donors (Lipinski definition) is 0. The quantitative estimate of drug-likeness (QED) is 0.266. The largest absolute Gasteiger partial charge is 0.411 e. The van der Waals surface area contributed by atoms with Crippen LogP contribution in [-0.4, -0.2) is 12.4 Å². The number of fused-ring (bicyclic) bond motifs is 3. The minimum absolute atomic E-state index is 0.0218. The second kappa shape index (κ2) is 5.24. The van der Waals surface area contributed by atoms with E-state index in [0.717, 1.165) is 12.1 Å². The topological polar surface area (TPSA) is 0 Å². The molecule has 0 saturated heterocycles. The number of rotatable bonds is 0. The molecule has 0 N–H and O–H groups in total. The molecule has 2 aromatic rings. The normalized spacial score (nSPS) is 16.2. The first-order valence-electron chi connectivity index (χ1n) is 6.24. The zero-order valence-corrected chi connectivity index (χ0v) is 15.3. The number of benzene rings is 2. The van der Waals surface area contributed by atoms with Crippen molar-refractivity contribution < 1.29 is 26.3 Å². The molecule has 122 valence electrons. The highest BCUT2D eigenvalue weighted by Gasteiger charge is 2.75. The third-order valence-electron chi connectivity index (χ3n) is 3.91. The Morgan fingerprint density at radius 2 is 1.00 bits per heavy atom. The molecule has 2 aromatic carbocycles. The van der Waals surface area contributed by atoms with Crippen LogP contribution in [-0.2, 0) is 5.41 Å². The van der Waals surface area contributed by atoms with Crippen molar-refractivity contribution in [3.8, 4) is 11.1 Å². The van der Waals surface area contributed by atoms with E-state index in [1.165, 1.54) is 24.3 Å². The van der Waals surface area contributed by atoms with Crippen LogP contribution >= 0.6 is 45.2 Å². The van der Waals surface area contributed by atoms with Gasteiger partial charge in [-0.1, -0.05) is 12.1 Å². The van der Waals surface area contributed by atoms with Gasteiger partial charge in [-0.25, -0.2) is 0 Å². The van der Waals surface area contributed by atoms with Crippen LogP contribution in [0.5, 0.6) is 0 Å². The van der Waals surface area contributed by atoms with Gasteiger partial charge in [-0.15, -0.1) is 0 Å². The van der Waals surface area contributed by atoms with Crippen molar-refractivity contribution in [1.82, 2.24) is 0 Å². The van der Waals surface area contributed by atoms with Gasteiger partial charge in [-0.2, -0.15) is 26.3 Å². The molecule has 0 aliphatic heterocycles. The fourth-order valence-corrected chi connectivity index (χ4v) is 4.02. The Hall–Kier alpha value is -0.520. The summed E-state index contributed by atoms with van der Waals surface area (Å²) in [5, 5.41) is 0. The predicted molar refractivity (Wildman–Crippen MR) is 90.2 cm³/mol. The van der Waals surface area contributed by atoms with Crippen LogP contribution in [0.4, 0.5) is 26.3 Å². The van der Waals surface area contributed by atoms with E-state index in [2.05, 4.69) is 0 Å². The Labute approximate surface area is 154 Å². The Balaban J connectivity index is 2.54. The SMILES string of the molecule is FC(F)(F)C1(C(F)(F)F)c2cc(I)ccc2-c2ccc(I)cc21. The average molecular weight is 554 g/mol. The summed E-state index contributed by atoms with van der Waals surface area (Å²) in [5.41, 5.74) is -5.53. The summed E-state index contributed by atoms with van der Waals surface area (Å²) in [5.74, 6) is 0. The van der Waals surface area contributed by atoms with E-state index in [1.54, 1.807) is 45.2 Å². The first kappa shape index (κ1) is 17.3. The van der Waals surface area contributed by atoms with Gasteiger partial charge in [0.05, 0.1) is 0 Å². The first-order valence-corrected chi connectivity index (χ1v) is 8.40. The summed E-state index contributed by atoms with van der Waals surface area (Å²) in [6.07, 6.45) is -11.0. The summed E-state index contributed by atoms with van der Waals surface area (Å²) in [6, 6.07) is 7.60. The van der Waals surface area contributed by atoms with Crippen LogP contribution in [0.25, 0.3) is 11.1 Å². The molecule has 0 spiro atoms. The van der Waals surface area contributed by atoms with Crippen molar-refractivity contribution in [2.24, 2.45) is 0 Å². The van der Waals surface area contributed by atoms with Gasteiger partial charge >= 0.3 is 12.4 Å². The standard InChI is InChI=1S/C15H6F6I2/c16-14(17,18)13(15(19,20)21)11-5-7(22)1-3-9(11)10-4-2-8(23)6-12(10)13/h1-6H. The monoisotopic (exact) mass is 554 g/mol. The van der Waals surface area contributed by atoms with E-state index < -0.39 is 28.9 Å². The molecule has 3 rings (SSSR count). The molecule has 0 bridgehead atoms. The summed E-state index contributed by atoms with van der Waals surface area (Å²) >= 11 is 3.43. The van der Waals surface area contributed by atoms with Gasteiger partial charge in [0.25, 0.3) is 0 Å². The van der Waals surface area contributed by atoms with Gasteiger partial charge in [0, 0.05) is 7.14 Å². The first-order chi connectivity index (χ1) is 10.5. The molecule has 23 heavy (non-hydrogen) atoms. The van der Waals surface area contributed by atoms with E-state index in [0.29, 0.717) is 7.14 Å². The van der Waals surface area contributed by atoms with Crippen molar-refractivity contribution in [3.05, 3.63) is 54.7 Å². The van der Waals surface area contributed by atoms with E-state index in [-0.39, 0.29) is 11.1 Å². The summed E-state index contributed by atoms with van der Waals surface area (Å²) in [7, 11) is 0. The fraction of sp³-hybridized carbons (Fsp3) is 0.200. The van der Waals surface area contributed by atoms with Gasteiger partial charge in [-0.3, -0.25) is 0 Å². The van der Waals surface area contributed by atoms with Crippen molar-refractivity contribution in [2.75, 3.05) is 0 Å². The lowest BCUT2D eigenvalue weighted by Gasteiger charge is -2.36. The highest BCUT2D eigenvalue weighted by molar-refractivity contribution is 14.1. The molecule has 0 atom stereocenters. The third kappa shape index (κ3) is 2.30. The molecular weight excluding hydrogens is 548 g/mol. The Morgan fingerprint density at radius 3 is 1.30 bits per heavy atom. The molecule has 1 aliphatic rings. The molecule has 8 heteroatoms. The summed E-state index contributed by atoms with van der Waals surface area (Å²) in [4.78, 5) is 0. The van der Waals surface area contributed by atoms with Crippen LogP contribution in [0.15, 0.2) is 36.4 Å². The number of hydrogen-bond acceptors (Lipinski definition) is 0. The van der Waals surface area contributed by atoms with Crippen molar-refractivity contribution >= 4 is 45.2 Å². The second-order valence-electron chi connectivity index (χ2n) is 5.13. The molecule has 0 fully saturated rings. The zero-order chi connectivity index (χ0) is 17.2. The third-order valence-corrected chi connectivity index (χ3v) is 5.25. The van der Waals surface area contributed by atoms with Crippen molar-refractivity contribution in [1.29, 1.82) is 0 Å². The molecule has 0 saturated carbocycles. The zero-order valence-electron chi connectivity index (χ0n) is 11.0. The van der Waals surface area contributed by atoms with Crippen LogP contribution in [0, 0.1) is 7.14 Å². The lowest BCUT2D eigenvalue weighted by Crippen LogP contribution is -2.53. The van der Waals surface area contributed by atoms with Gasteiger partial charge in [-0.05, 0) is 91.7 Å². The molecule has 0 radical (unpaired) electrons. The highest BCUT2D eigenvalue weighted by atomic mass is 127. The van der Waals surface area contributed by atoms with Gasteiger partial charge in [0.15, 0.2) is 0 Å². The number of alkyl halides is 6. The molecule has 0 nitrogen and oxygen atoms in total. The maximum atomic E-state index is 13.8. The minimum atomic E-state index is -5.50. The minimum Gasteiger partial charge on any atom is -0.169 e. The van der Waals surface area contributed by atoms with Crippen LogP contribution < -0.4 is 0 Å². The molecule has 0 aromatic heterocycles. The molecule has 0 unspecified atom stereocenters. The Morgan fingerprint density at radius 1 is 0.652 bits per heavy atom. The smallest absolute Gasteiger partial charge is 0.169 e.